The molecular weight excluding hydrogens is 332 g/mol. The number of ketones is 1. The number of fused-ring (bicyclic) bond motifs is 4. The number of allylic oxidation sites excluding steroid dienone is 2. The van der Waals surface area contributed by atoms with Crippen molar-refractivity contribution in [1.29, 1.82) is 0 Å². The number of carbonyl (C=O) groups is 1. The molecule has 138 valence electrons. The molecule has 6 nitrogen and oxygen atoms in total. The van der Waals surface area contributed by atoms with Gasteiger partial charge in [-0.15, -0.1) is 0 Å². The van der Waals surface area contributed by atoms with Gasteiger partial charge in [-0.3, -0.25) is 4.79 Å². The molecule has 1 aromatic carbocycles. The Morgan fingerprint density at radius 2 is 1.88 bits per heavy atom. The first kappa shape index (κ1) is 16.9. The molecule has 0 bridgehead atoms. The van der Waals surface area contributed by atoms with Gasteiger partial charge in [0, 0.05) is 24.6 Å². The molecule has 0 saturated carbocycles. The zero-order chi connectivity index (χ0) is 18.4. The number of hydrogen-bond donors (Lipinski definition) is 1. The van der Waals surface area contributed by atoms with E-state index in [-0.39, 0.29) is 17.7 Å². The van der Waals surface area contributed by atoms with Crippen molar-refractivity contribution in [3.05, 3.63) is 34.5 Å². The molecule has 0 aromatic heterocycles. The monoisotopic (exact) mass is 356 g/mol. The summed E-state index contributed by atoms with van der Waals surface area (Å²) < 4.78 is 11.0. The van der Waals surface area contributed by atoms with Crippen LogP contribution in [-0.4, -0.2) is 42.4 Å². The third-order valence-corrected chi connectivity index (χ3v) is 5.92. The molecule has 0 spiro atoms. The SMILES string of the molecule is COc1cc2c(cc1OC)[C@H]1[C@@H](C)/C(=N/O)C3=C(CCCC3=O)N1CC2. The van der Waals surface area contributed by atoms with Crippen molar-refractivity contribution in [2.75, 3.05) is 20.8 Å². The van der Waals surface area contributed by atoms with Gasteiger partial charge < -0.3 is 19.6 Å². The number of methoxy groups -OCH3 is 2. The van der Waals surface area contributed by atoms with E-state index in [1.54, 1.807) is 14.2 Å². The van der Waals surface area contributed by atoms with Gasteiger partial charge >= 0.3 is 0 Å². The number of nitrogens with zero attached hydrogens (tertiary/aromatic N) is 2. The molecule has 1 N–H and O–H groups in total. The number of benzene rings is 1. The molecule has 2 aliphatic heterocycles. The number of oxime groups is 1. The average Bonchev–Trinajstić information content (AvgIpc) is 2.67. The van der Waals surface area contributed by atoms with E-state index in [1.807, 2.05) is 19.1 Å². The smallest absolute Gasteiger partial charge is 0.166 e. The van der Waals surface area contributed by atoms with Crippen molar-refractivity contribution in [2.45, 2.75) is 38.6 Å². The van der Waals surface area contributed by atoms with Crippen LogP contribution in [0.4, 0.5) is 0 Å². The van der Waals surface area contributed by atoms with Crippen LogP contribution in [0.3, 0.4) is 0 Å². The maximum Gasteiger partial charge on any atom is 0.166 e. The van der Waals surface area contributed by atoms with Crippen LogP contribution in [0.1, 0.15) is 43.4 Å². The van der Waals surface area contributed by atoms with Gasteiger partial charge in [-0.2, -0.15) is 0 Å². The van der Waals surface area contributed by atoms with Crippen molar-refractivity contribution >= 4 is 11.5 Å². The van der Waals surface area contributed by atoms with Crippen molar-refractivity contribution in [2.24, 2.45) is 11.1 Å². The van der Waals surface area contributed by atoms with Gasteiger partial charge in [-0.1, -0.05) is 12.1 Å². The zero-order valence-electron chi connectivity index (χ0n) is 15.4. The Kier molecular flexibility index (Phi) is 4.13. The van der Waals surface area contributed by atoms with E-state index in [0.29, 0.717) is 23.5 Å². The van der Waals surface area contributed by atoms with E-state index in [9.17, 15) is 10.0 Å². The van der Waals surface area contributed by atoms with Gasteiger partial charge in [-0.25, -0.2) is 0 Å². The normalized spacial score (nSPS) is 26.3. The minimum Gasteiger partial charge on any atom is -0.493 e. The van der Waals surface area contributed by atoms with Crippen LogP contribution >= 0.6 is 0 Å². The highest BCUT2D eigenvalue weighted by Crippen LogP contribution is 2.48. The predicted octanol–water partition coefficient (Wildman–Crippen LogP) is 3.09. The number of carbonyl (C=O) groups excluding carboxylic acids is 1. The van der Waals surface area contributed by atoms with Crippen molar-refractivity contribution < 1.29 is 19.5 Å². The van der Waals surface area contributed by atoms with Crippen LogP contribution < -0.4 is 9.47 Å². The first-order valence-corrected chi connectivity index (χ1v) is 9.10. The van der Waals surface area contributed by atoms with E-state index >= 15 is 0 Å². The molecule has 2 atom stereocenters. The average molecular weight is 356 g/mol. The standard InChI is InChI=1S/C20H24N2O4/c1-11-19(21-24)18-14(5-4-6-15(18)23)22-8-7-12-9-16(25-2)17(26-3)10-13(12)20(11)22/h9-11,20,24H,4-8H2,1-3H3/b21-19-/t11-,20+/m0/s1. The third-order valence-electron chi connectivity index (χ3n) is 5.92. The Hall–Kier alpha value is -2.50. The van der Waals surface area contributed by atoms with E-state index < -0.39 is 0 Å². The van der Waals surface area contributed by atoms with Gasteiger partial charge in [0.15, 0.2) is 17.3 Å². The Morgan fingerprint density at radius 3 is 2.58 bits per heavy atom. The minimum atomic E-state index is -0.0852. The van der Waals surface area contributed by atoms with Crippen LogP contribution in [0.2, 0.25) is 0 Å². The lowest BCUT2D eigenvalue weighted by molar-refractivity contribution is -0.116. The summed E-state index contributed by atoms with van der Waals surface area (Å²) in [6.45, 7) is 2.88. The van der Waals surface area contributed by atoms with E-state index in [2.05, 4.69) is 10.1 Å². The lowest BCUT2D eigenvalue weighted by Crippen LogP contribution is -2.47. The van der Waals surface area contributed by atoms with Crippen LogP contribution in [0.5, 0.6) is 11.5 Å². The topological polar surface area (TPSA) is 71.4 Å². The second-order valence-electron chi connectivity index (χ2n) is 7.17. The maximum atomic E-state index is 12.5. The molecule has 6 heteroatoms. The Balaban J connectivity index is 1.89. The van der Waals surface area contributed by atoms with E-state index in [1.165, 1.54) is 5.56 Å². The van der Waals surface area contributed by atoms with Crippen molar-refractivity contribution in [3.63, 3.8) is 0 Å². The van der Waals surface area contributed by atoms with Gasteiger partial charge in [-0.05, 0) is 42.5 Å². The molecule has 0 amide bonds. The van der Waals surface area contributed by atoms with E-state index in [4.69, 9.17) is 9.47 Å². The van der Waals surface area contributed by atoms with Crippen molar-refractivity contribution in [1.82, 2.24) is 4.90 Å². The molecule has 0 radical (unpaired) electrons. The first-order valence-electron chi connectivity index (χ1n) is 9.10. The fourth-order valence-electron chi connectivity index (χ4n) is 4.74. The van der Waals surface area contributed by atoms with Gasteiger partial charge in [0.1, 0.15) is 0 Å². The summed E-state index contributed by atoms with van der Waals surface area (Å²) in [4.78, 5) is 14.9. The van der Waals surface area contributed by atoms with E-state index in [0.717, 1.165) is 42.8 Å². The summed E-state index contributed by atoms with van der Waals surface area (Å²) in [5.74, 6) is 1.44. The summed E-state index contributed by atoms with van der Waals surface area (Å²) >= 11 is 0. The number of rotatable bonds is 2. The molecule has 26 heavy (non-hydrogen) atoms. The van der Waals surface area contributed by atoms with Crippen LogP contribution in [0.25, 0.3) is 0 Å². The highest BCUT2D eigenvalue weighted by molar-refractivity contribution is 6.24. The molecular formula is C20H24N2O4. The summed E-state index contributed by atoms with van der Waals surface area (Å²) in [5, 5.41) is 13.2. The Labute approximate surface area is 153 Å². The lowest BCUT2D eigenvalue weighted by atomic mass is 9.74. The van der Waals surface area contributed by atoms with Crippen LogP contribution in [-0.2, 0) is 11.2 Å². The third kappa shape index (κ3) is 2.31. The second kappa shape index (κ2) is 6.34. The molecule has 3 aliphatic rings. The summed E-state index contributed by atoms with van der Waals surface area (Å²) in [6, 6.07) is 4.12. The minimum absolute atomic E-state index is 0.0362. The van der Waals surface area contributed by atoms with Crippen LogP contribution in [0, 0.1) is 5.92 Å². The van der Waals surface area contributed by atoms with Gasteiger partial charge in [0.05, 0.1) is 31.5 Å². The first-order chi connectivity index (χ1) is 12.6. The summed E-state index contributed by atoms with van der Waals surface area (Å²) in [7, 11) is 3.28. The fourth-order valence-corrected chi connectivity index (χ4v) is 4.74. The Morgan fingerprint density at radius 1 is 1.15 bits per heavy atom. The fraction of sp³-hybridized carbons (Fsp3) is 0.500. The summed E-state index contributed by atoms with van der Waals surface area (Å²) in [6.07, 6.45) is 3.12. The van der Waals surface area contributed by atoms with Gasteiger partial charge in [0.2, 0.25) is 0 Å². The molecule has 2 heterocycles. The number of ether oxygens (including phenoxy) is 2. The quantitative estimate of drug-likeness (QED) is 0.651. The molecule has 0 unspecified atom stereocenters. The highest BCUT2D eigenvalue weighted by Gasteiger charge is 2.44. The van der Waals surface area contributed by atoms with Crippen LogP contribution in [0.15, 0.2) is 28.6 Å². The lowest BCUT2D eigenvalue weighted by Gasteiger charge is -2.48. The molecule has 1 aromatic rings. The number of Topliss-reactive ketones (excluding diaryl/α,β-unsaturated/α-hetero) is 1. The number of hydrogen-bond acceptors (Lipinski definition) is 6. The van der Waals surface area contributed by atoms with Crippen molar-refractivity contribution in [3.8, 4) is 11.5 Å². The molecule has 4 rings (SSSR count). The largest absolute Gasteiger partial charge is 0.493 e. The second-order valence-corrected chi connectivity index (χ2v) is 7.17. The molecule has 0 fully saturated rings. The predicted molar refractivity (Wildman–Crippen MR) is 97.0 cm³/mol. The highest BCUT2D eigenvalue weighted by atomic mass is 16.5. The molecule has 1 aliphatic carbocycles. The maximum absolute atomic E-state index is 12.5. The summed E-state index contributed by atoms with van der Waals surface area (Å²) in [5.41, 5.74) is 4.59. The zero-order valence-corrected chi connectivity index (χ0v) is 15.4. The molecule has 0 saturated heterocycles. The van der Waals surface area contributed by atoms with Gasteiger partial charge in [0.25, 0.3) is 0 Å². The Bertz CT molecular complexity index is 827.